The lowest BCUT2D eigenvalue weighted by atomic mass is 9.99. The third kappa shape index (κ3) is 5.19. The number of piperidine rings is 1. The van der Waals surface area contributed by atoms with E-state index in [9.17, 15) is 8.42 Å². The molecular weight excluding hydrogens is 445 g/mol. The molecule has 1 fully saturated rings. The molecule has 4 rings (SSSR count). The van der Waals surface area contributed by atoms with Crippen molar-refractivity contribution < 1.29 is 17.3 Å². The van der Waals surface area contributed by atoms with Crippen LogP contribution in [-0.2, 0) is 10.1 Å². The van der Waals surface area contributed by atoms with Gasteiger partial charge in [0.2, 0.25) is 0 Å². The van der Waals surface area contributed by atoms with Gasteiger partial charge in [-0.2, -0.15) is 8.42 Å². The maximum absolute atomic E-state index is 12.8. The molecule has 3 aromatic rings. The van der Waals surface area contributed by atoms with Crippen molar-refractivity contribution in [3.05, 3.63) is 65.7 Å². The molecule has 1 aliphatic rings. The summed E-state index contributed by atoms with van der Waals surface area (Å²) in [5, 5.41) is 5.00. The molecule has 0 aliphatic carbocycles. The number of hydrogen-bond donors (Lipinski definition) is 1. The minimum atomic E-state index is -4.08. The number of benzene rings is 3. The monoisotopic (exact) mass is 467 g/mol. The molecule has 0 atom stereocenters. The smallest absolute Gasteiger partial charge is 0.340 e. The highest BCUT2D eigenvalue weighted by Crippen LogP contribution is 2.34. The van der Waals surface area contributed by atoms with Gasteiger partial charge in [0, 0.05) is 11.5 Å². The van der Waals surface area contributed by atoms with Crippen molar-refractivity contribution in [1.29, 1.82) is 0 Å². The van der Waals surface area contributed by atoms with Gasteiger partial charge in [0.15, 0.2) is 5.75 Å². The summed E-state index contributed by atoms with van der Waals surface area (Å²) in [6.07, 6.45) is 2.13. The van der Waals surface area contributed by atoms with Gasteiger partial charge in [-0.1, -0.05) is 48.0 Å². The highest BCUT2D eigenvalue weighted by molar-refractivity contribution is 7.87. The van der Waals surface area contributed by atoms with Crippen LogP contribution >= 0.6 is 24.0 Å². The minimum absolute atomic E-state index is 0. The van der Waals surface area contributed by atoms with Gasteiger partial charge in [-0.25, -0.2) is 0 Å². The molecule has 30 heavy (non-hydrogen) atoms. The van der Waals surface area contributed by atoms with Crippen LogP contribution in [0.1, 0.15) is 12.8 Å². The maximum atomic E-state index is 12.8. The van der Waals surface area contributed by atoms with Gasteiger partial charge in [0.05, 0.1) is 11.6 Å². The second-order valence-corrected chi connectivity index (χ2v) is 9.04. The van der Waals surface area contributed by atoms with Crippen molar-refractivity contribution in [2.24, 2.45) is 5.92 Å². The summed E-state index contributed by atoms with van der Waals surface area (Å²) in [5.41, 5.74) is 0. The summed E-state index contributed by atoms with van der Waals surface area (Å²) >= 11 is 6.07. The Morgan fingerprint density at radius 2 is 1.70 bits per heavy atom. The first-order valence-corrected chi connectivity index (χ1v) is 11.4. The number of ether oxygens (including phenoxy) is 1. The molecule has 0 saturated carbocycles. The lowest BCUT2D eigenvalue weighted by Gasteiger charge is -2.23. The van der Waals surface area contributed by atoms with Crippen molar-refractivity contribution >= 4 is 44.9 Å². The van der Waals surface area contributed by atoms with Crippen LogP contribution in [0, 0.1) is 5.92 Å². The zero-order valence-electron chi connectivity index (χ0n) is 16.2. The summed E-state index contributed by atoms with van der Waals surface area (Å²) in [7, 11) is -4.08. The van der Waals surface area contributed by atoms with Gasteiger partial charge >= 0.3 is 10.1 Å². The van der Waals surface area contributed by atoms with Crippen molar-refractivity contribution in [1.82, 2.24) is 5.32 Å². The van der Waals surface area contributed by atoms with Crippen LogP contribution in [0.5, 0.6) is 11.5 Å². The summed E-state index contributed by atoms with van der Waals surface area (Å²) in [6.45, 7) is 2.59. The SMILES string of the molecule is Cl.O=S(=O)(Oc1cc(OCC2CCNCC2)cc2ccccc12)c1ccccc1Cl. The Hall–Kier alpha value is -1.99. The highest BCUT2D eigenvalue weighted by Gasteiger charge is 2.22. The van der Waals surface area contributed by atoms with E-state index in [0.29, 0.717) is 23.7 Å². The summed E-state index contributed by atoms with van der Waals surface area (Å²) < 4.78 is 37.2. The molecule has 1 heterocycles. The zero-order valence-corrected chi connectivity index (χ0v) is 18.6. The molecule has 5 nitrogen and oxygen atoms in total. The Kier molecular flexibility index (Phi) is 7.47. The lowest BCUT2D eigenvalue weighted by molar-refractivity contribution is 0.215. The Balaban J connectivity index is 0.00000256. The molecule has 0 radical (unpaired) electrons. The Morgan fingerprint density at radius 3 is 2.47 bits per heavy atom. The molecular formula is C22H23Cl2NO4S. The van der Waals surface area contributed by atoms with Gasteiger partial charge in [-0.05, 0) is 55.4 Å². The van der Waals surface area contributed by atoms with Crippen LogP contribution in [-0.4, -0.2) is 28.1 Å². The van der Waals surface area contributed by atoms with Gasteiger partial charge < -0.3 is 14.2 Å². The fraction of sp³-hybridized carbons (Fsp3) is 0.273. The minimum Gasteiger partial charge on any atom is -0.493 e. The summed E-state index contributed by atoms with van der Waals surface area (Å²) in [4.78, 5) is -0.0632. The topological polar surface area (TPSA) is 64.6 Å². The average Bonchev–Trinajstić information content (AvgIpc) is 2.73. The zero-order chi connectivity index (χ0) is 20.3. The summed E-state index contributed by atoms with van der Waals surface area (Å²) in [5.74, 6) is 1.30. The second-order valence-electron chi connectivity index (χ2n) is 7.11. The van der Waals surface area contributed by atoms with Crippen molar-refractivity contribution in [2.45, 2.75) is 17.7 Å². The predicted octanol–water partition coefficient (Wildman–Crippen LogP) is 5.06. The van der Waals surface area contributed by atoms with E-state index >= 15 is 0 Å². The van der Waals surface area contributed by atoms with E-state index in [1.807, 2.05) is 30.3 Å². The van der Waals surface area contributed by atoms with Crippen LogP contribution in [0.2, 0.25) is 5.02 Å². The van der Waals surface area contributed by atoms with E-state index in [4.69, 9.17) is 20.5 Å². The molecule has 0 amide bonds. The van der Waals surface area contributed by atoms with Crippen LogP contribution in [0.4, 0.5) is 0 Å². The predicted molar refractivity (Wildman–Crippen MR) is 122 cm³/mol. The fourth-order valence-electron chi connectivity index (χ4n) is 3.47. The number of halogens is 2. The Labute approximate surface area is 187 Å². The molecule has 1 saturated heterocycles. The Bertz CT molecular complexity index is 1120. The van der Waals surface area contributed by atoms with Crippen LogP contribution < -0.4 is 14.2 Å². The quantitative estimate of drug-likeness (QED) is 0.513. The number of nitrogens with one attached hydrogen (secondary N) is 1. The fourth-order valence-corrected chi connectivity index (χ4v) is 4.91. The van der Waals surface area contributed by atoms with Gasteiger partial charge in [-0.15, -0.1) is 12.4 Å². The molecule has 3 aromatic carbocycles. The maximum Gasteiger partial charge on any atom is 0.340 e. The molecule has 0 spiro atoms. The first-order chi connectivity index (χ1) is 14.0. The van der Waals surface area contributed by atoms with Crippen LogP contribution in [0.3, 0.4) is 0 Å². The standard InChI is InChI=1S/C22H22ClNO4S.ClH/c23-20-7-3-4-8-22(20)29(25,26)28-21-14-18(13-17-5-1-2-6-19(17)21)27-15-16-9-11-24-12-10-16;/h1-8,13-14,16,24H,9-12,15H2;1H. The molecule has 0 aromatic heterocycles. The Morgan fingerprint density at radius 1 is 1.00 bits per heavy atom. The molecule has 8 heteroatoms. The van der Waals surface area contributed by atoms with Gasteiger partial charge in [0.25, 0.3) is 0 Å². The van der Waals surface area contributed by atoms with Crippen molar-refractivity contribution in [3.63, 3.8) is 0 Å². The third-order valence-corrected chi connectivity index (χ3v) is 6.78. The second kappa shape index (κ2) is 9.88. The van der Waals surface area contributed by atoms with E-state index in [1.165, 1.54) is 12.1 Å². The number of rotatable bonds is 6. The first-order valence-electron chi connectivity index (χ1n) is 9.58. The van der Waals surface area contributed by atoms with E-state index in [1.54, 1.807) is 18.2 Å². The average molecular weight is 468 g/mol. The lowest BCUT2D eigenvalue weighted by Crippen LogP contribution is -2.30. The molecule has 1 N–H and O–H groups in total. The van der Waals surface area contributed by atoms with Gasteiger partial charge in [-0.3, -0.25) is 0 Å². The van der Waals surface area contributed by atoms with E-state index in [-0.39, 0.29) is 28.1 Å². The van der Waals surface area contributed by atoms with E-state index in [2.05, 4.69) is 5.32 Å². The number of fused-ring (bicyclic) bond motifs is 1. The van der Waals surface area contributed by atoms with Crippen molar-refractivity contribution in [3.8, 4) is 11.5 Å². The molecule has 0 bridgehead atoms. The van der Waals surface area contributed by atoms with Crippen LogP contribution in [0.15, 0.2) is 65.6 Å². The largest absolute Gasteiger partial charge is 0.493 e. The first kappa shape index (κ1) is 22.7. The van der Waals surface area contributed by atoms with Crippen molar-refractivity contribution in [2.75, 3.05) is 19.7 Å². The van der Waals surface area contributed by atoms with Crippen LogP contribution in [0.25, 0.3) is 10.8 Å². The number of hydrogen-bond acceptors (Lipinski definition) is 5. The van der Waals surface area contributed by atoms with E-state index in [0.717, 1.165) is 31.3 Å². The third-order valence-electron chi connectivity index (χ3n) is 5.05. The summed E-state index contributed by atoms with van der Waals surface area (Å²) in [6, 6.07) is 17.2. The highest BCUT2D eigenvalue weighted by atomic mass is 35.5. The van der Waals surface area contributed by atoms with E-state index < -0.39 is 10.1 Å². The normalized spacial score (nSPS) is 14.8. The molecule has 160 valence electrons. The van der Waals surface area contributed by atoms with Gasteiger partial charge in [0.1, 0.15) is 10.6 Å². The molecule has 1 aliphatic heterocycles. The molecule has 0 unspecified atom stereocenters.